The molecule has 7 aromatic rings. The number of nitrogens with zero attached hydrogens (tertiary/aromatic N) is 2. The Hall–Kier alpha value is -5.30. The Morgan fingerprint density at radius 2 is 1.06 bits per heavy atom. The van der Waals surface area contributed by atoms with Gasteiger partial charge < -0.3 is 0 Å². The molecule has 0 bridgehead atoms. The predicted molar refractivity (Wildman–Crippen MR) is 210 cm³/mol. The third-order valence-corrected chi connectivity index (χ3v) is 12.1. The molecule has 0 aromatic heterocycles. The number of anilines is 1. The molecule has 3 heteroatoms. The van der Waals surface area contributed by atoms with E-state index in [1.165, 1.54) is 54.8 Å². The molecule has 2 nitrogen and oxygen atoms in total. The van der Waals surface area contributed by atoms with Crippen LogP contribution < -0.4 is 20.8 Å². The van der Waals surface area contributed by atoms with Gasteiger partial charge in [0.25, 0.3) is 0 Å². The molecule has 0 fully saturated rings. The predicted octanol–water partition coefficient (Wildman–Crippen LogP) is 10.4. The highest BCUT2D eigenvalue weighted by Crippen LogP contribution is 2.49. The summed E-state index contributed by atoms with van der Waals surface area (Å²) in [6.07, 6.45) is 2.42. The number of fused-ring (bicyclic) bond motifs is 1. The van der Waals surface area contributed by atoms with Crippen LogP contribution in [-0.4, -0.2) is 10.9 Å². The van der Waals surface area contributed by atoms with Crippen molar-refractivity contribution in [3.8, 4) is 0 Å². The van der Waals surface area contributed by atoms with Gasteiger partial charge in [-0.1, -0.05) is 184 Å². The highest BCUT2D eigenvalue weighted by atomic mass is 31.1. The molecular weight excluding hydrogens is 611 g/mol. The first-order chi connectivity index (χ1) is 24.2. The maximum atomic E-state index is 2.61. The Bertz CT molecular complexity index is 2170. The van der Waals surface area contributed by atoms with Crippen LogP contribution in [0.25, 0.3) is 10.8 Å². The van der Waals surface area contributed by atoms with Crippen molar-refractivity contribution >= 4 is 52.3 Å². The van der Waals surface area contributed by atoms with E-state index in [1.54, 1.807) is 0 Å². The first kappa shape index (κ1) is 31.0. The van der Waals surface area contributed by atoms with E-state index in [0.29, 0.717) is 5.92 Å². The molecule has 1 heterocycles. The second-order valence-corrected chi connectivity index (χ2v) is 15.2. The third kappa shape index (κ3) is 5.88. The monoisotopic (exact) mass is 651 g/mol. The van der Waals surface area contributed by atoms with E-state index in [1.807, 2.05) is 0 Å². The molecule has 8 rings (SSSR count). The molecule has 0 radical (unpaired) electrons. The maximum Gasteiger partial charge on any atom is 0.245 e. The van der Waals surface area contributed by atoms with Crippen molar-refractivity contribution in [3.05, 3.63) is 199 Å². The molecule has 0 saturated carbocycles. The van der Waals surface area contributed by atoms with Crippen molar-refractivity contribution in [2.45, 2.75) is 31.8 Å². The van der Waals surface area contributed by atoms with Crippen molar-refractivity contribution in [1.29, 1.82) is 0 Å². The molecular formula is C46H40N2P+. The summed E-state index contributed by atoms with van der Waals surface area (Å²) in [6, 6.07) is 67.0. The van der Waals surface area contributed by atoms with Gasteiger partial charge in [0.2, 0.25) is 6.34 Å². The van der Waals surface area contributed by atoms with Gasteiger partial charge in [0, 0.05) is 27.4 Å². The summed E-state index contributed by atoms with van der Waals surface area (Å²) >= 11 is 0. The van der Waals surface area contributed by atoms with E-state index in [4.69, 9.17) is 0 Å². The summed E-state index contributed by atoms with van der Waals surface area (Å²) < 4.78 is 2.61. The molecule has 238 valence electrons. The van der Waals surface area contributed by atoms with Crippen LogP contribution in [0.3, 0.4) is 0 Å². The molecule has 0 spiro atoms. The normalized spacial score (nSPS) is 16.0. The zero-order valence-electron chi connectivity index (χ0n) is 28.0. The van der Waals surface area contributed by atoms with Gasteiger partial charge in [-0.2, -0.15) is 0 Å². The Balaban J connectivity index is 1.47. The summed E-state index contributed by atoms with van der Waals surface area (Å²) in [5.41, 5.74) is 6.46. The molecule has 0 N–H and O–H groups in total. The standard InChI is InChI=1S/C46H40N2P/c1-34(2)40-28-17-18-30-42(40)47-33-48(45(37-22-9-4-10-23-37)44(47)36-20-7-3-8-21-36)46-41-29-16-15-19-35(41)31-32-43(46)49(38-24-11-5-12-25-38)39-26-13-6-14-27-39/h3-34,44-45H,1-2H3/q+1/t44-,45-/m0/s1. The Morgan fingerprint density at radius 1 is 0.531 bits per heavy atom. The number of hydrogen-bond donors (Lipinski definition) is 0. The van der Waals surface area contributed by atoms with E-state index in [2.05, 4.69) is 212 Å². The van der Waals surface area contributed by atoms with Crippen LogP contribution in [0.5, 0.6) is 0 Å². The van der Waals surface area contributed by atoms with E-state index in [9.17, 15) is 0 Å². The van der Waals surface area contributed by atoms with Crippen molar-refractivity contribution in [3.63, 3.8) is 0 Å². The van der Waals surface area contributed by atoms with Gasteiger partial charge >= 0.3 is 0 Å². The Morgan fingerprint density at radius 3 is 1.69 bits per heavy atom. The van der Waals surface area contributed by atoms with Crippen molar-refractivity contribution in [2.75, 3.05) is 4.90 Å². The van der Waals surface area contributed by atoms with E-state index in [0.717, 1.165) is 0 Å². The quantitative estimate of drug-likeness (QED) is 0.117. The molecule has 0 amide bonds. The molecule has 0 aliphatic carbocycles. The summed E-state index contributed by atoms with van der Waals surface area (Å²) in [6.45, 7) is 4.60. The van der Waals surface area contributed by atoms with Crippen molar-refractivity contribution < 1.29 is 4.58 Å². The lowest BCUT2D eigenvalue weighted by Crippen LogP contribution is -2.27. The Labute approximate surface area is 291 Å². The lowest BCUT2D eigenvalue weighted by Gasteiger charge is -2.27. The van der Waals surface area contributed by atoms with Crippen LogP contribution in [-0.2, 0) is 0 Å². The van der Waals surface area contributed by atoms with E-state index >= 15 is 0 Å². The largest absolute Gasteiger partial charge is 0.245 e. The topological polar surface area (TPSA) is 6.25 Å². The number of hydrogen-bond acceptors (Lipinski definition) is 1. The fourth-order valence-electron chi connectivity index (χ4n) is 7.46. The van der Waals surface area contributed by atoms with Crippen LogP contribution in [0, 0.1) is 0 Å². The first-order valence-electron chi connectivity index (χ1n) is 17.2. The van der Waals surface area contributed by atoms with Gasteiger partial charge in [-0.3, -0.25) is 0 Å². The Kier molecular flexibility index (Phi) is 8.65. The summed E-state index contributed by atoms with van der Waals surface area (Å²) in [4.78, 5) is 2.56. The van der Waals surface area contributed by atoms with Crippen LogP contribution in [0.4, 0.5) is 11.4 Å². The first-order valence-corrected chi connectivity index (χ1v) is 18.6. The fraction of sp³-hybridized carbons (Fsp3) is 0.109. The highest BCUT2D eigenvalue weighted by Gasteiger charge is 2.47. The van der Waals surface area contributed by atoms with Gasteiger partial charge in [-0.05, 0) is 42.0 Å². The average molecular weight is 652 g/mol. The zero-order valence-corrected chi connectivity index (χ0v) is 28.9. The molecule has 1 aliphatic heterocycles. The summed E-state index contributed by atoms with van der Waals surface area (Å²) in [5, 5.41) is 6.56. The van der Waals surface area contributed by atoms with Crippen LogP contribution in [0.2, 0.25) is 0 Å². The second kappa shape index (κ2) is 13.7. The highest BCUT2D eigenvalue weighted by molar-refractivity contribution is 7.80. The number of benzene rings is 7. The number of para-hydroxylation sites is 1. The lowest BCUT2D eigenvalue weighted by molar-refractivity contribution is -0.478. The van der Waals surface area contributed by atoms with Crippen molar-refractivity contribution in [2.24, 2.45) is 0 Å². The van der Waals surface area contributed by atoms with Crippen molar-refractivity contribution in [1.82, 2.24) is 0 Å². The SMILES string of the molecule is CC(C)c1ccccc1N1C=[N+](c2c(P(c3ccccc3)c3ccccc3)ccc3ccccc23)[C@@H](c2ccccc2)[C@@H]1c1ccccc1. The van der Waals surface area contributed by atoms with Gasteiger partial charge in [0.05, 0.1) is 0 Å². The molecule has 7 aromatic carbocycles. The lowest BCUT2D eigenvalue weighted by atomic mass is 9.91. The number of rotatable bonds is 8. The van der Waals surface area contributed by atoms with Crippen LogP contribution in [0.15, 0.2) is 182 Å². The van der Waals surface area contributed by atoms with E-state index in [-0.39, 0.29) is 12.1 Å². The third-order valence-electron chi connectivity index (χ3n) is 9.67. The van der Waals surface area contributed by atoms with Gasteiger partial charge in [-0.25, -0.2) is 9.48 Å². The molecule has 49 heavy (non-hydrogen) atoms. The smallest absolute Gasteiger partial charge is 0.222 e. The summed E-state index contributed by atoms with van der Waals surface area (Å²) in [7, 11) is -0.878. The van der Waals surface area contributed by atoms with Crippen LogP contribution >= 0.6 is 7.92 Å². The zero-order chi connectivity index (χ0) is 33.2. The molecule has 1 aliphatic rings. The van der Waals surface area contributed by atoms with Gasteiger partial charge in [0.1, 0.15) is 11.4 Å². The second-order valence-electron chi connectivity index (χ2n) is 13.0. The molecule has 2 atom stereocenters. The van der Waals surface area contributed by atoms with Gasteiger partial charge in [0.15, 0.2) is 12.1 Å². The van der Waals surface area contributed by atoms with Gasteiger partial charge in [-0.15, -0.1) is 0 Å². The molecule has 0 unspecified atom stereocenters. The van der Waals surface area contributed by atoms with E-state index < -0.39 is 7.92 Å². The fourth-order valence-corrected chi connectivity index (χ4v) is 9.93. The maximum absolute atomic E-state index is 2.61. The minimum Gasteiger partial charge on any atom is -0.222 e. The molecule has 0 saturated heterocycles. The minimum absolute atomic E-state index is 0.0109. The van der Waals surface area contributed by atoms with Crippen LogP contribution in [0.1, 0.15) is 48.5 Å². The summed E-state index contributed by atoms with van der Waals surface area (Å²) in [5.74, 6) is 0.377. The minimum atomic E-state index is -0.878. The average Bonchev–Trinajstić information content (AvgIpc) is 3.56.